The van der Waals surface area contributed by atoms with Gasteiger partial charge in [0.05, 0.1) is 29.7 Å². The molecule has 0 aliphatic carbocycles. The number of likely N-dealkylation sites (tertiary alicyclic amines) is 1. The van der Waals surface area contributed by atoms with E-state index in [2.05, 4.69) is 21.5 Å². The molecule has 7 nitrogen and oxygen atoms in total. The number of nitriles is 1. The fraction of sp³-hybridized carbons (Fsp3) is 0.333. The van der Waals surface area contributed by atoms with Gasteiger partial charge >= 0.3 is 0 Å². The Labute approximate surface area is 128 Å². The van der Waals surface area contributed by atoms with Crippen LogP contribution >= 0.6 is 0 Å². The van der Waals surface area contributed by atoms with Gasteiger partial charge in [0.15, 0.2) is 5.82 Å². The smallest absolute Gasteiger partial charge is 0.241 e. The molecular formula is C15H16N6O. The van der Waals surface area contributed by atoms with Gasteiger partial charge in [-0.15, -0.1) is 0 Å². The van der Waals surface area contributed by atoms with Crippen molar-refractivity contribution in [2.75, 3.05) is 18.9 Å². The number of nitrogens with zero attached hydrogens (tertiary/aromatic N) is 5. The topological polar surface area (TPSA) is 86.8 Å². The molecule has 0 radical (unpaired) electrons. The summed E-state index contributed by atoms with van der Waals surface area (Å²) < 4.78 is 1.49. The SMILES string of the molecule is CN1CCCC1C(=O)Nc1cnn(-c2ncccc2C#N)c1. The number of rotatable bonds is 3. The monoisotopic (exact) mass is 296 g/mol. The quantitative estimate of drug-likeness (QED) is 0.918. The fourth-order valence-corrected chi connectivity index (χ4v) is 2.64. The van der Waals surface area contributed by atoms with Crippen LogP contribution in [0.5, 0.6) is 0 Å². The van der Waals surface area contributed by atoms with Gasteiger partial charge < -0.3 is 5.32 Å². The summed E-state index contributed by atoms with van der Waals surface area (Å²) >= 11 is 0. The van der Waals surface area contributed by atoms with Crippen molar-refractivity contribution in [1.82, 2.24) is 19.7 Å². The number of amides is 1. The average molecular weight is 296 g/mol. The Morgan fingerprint density at radius 2 is 2.41 bits per heavy atom. The lowest BCUT2D eigenvalue weighted by molar-refractivity contribution is -0.119. The molecule has 22 heavy (non-hydrogen) atoms. The first-order chi connectivity index (χ1) is 10.7. The zero-order chi connectivity index (χ0) is 15.5. The first-order valence-corrected chi connectivity index (χ1v) is 7.10. The predicted molar refractivity (Wildman–Crippen MR) is 80.4 cm³/mol. The lowest BCUT2D eigenvalue weighted by atomic mass is 10.2. The first kappa shape index (κ1) is 14.2. The molecule has 7 heteroatoms. The molecule has 1 saturated heterocycles. The van der Waals surface area contributed by atoms with Gasteiger partial charge in [-0.25, -0.2) is 9.67 Å². The number of anilines is 1. The van der Waals surface area contributed by atoms with Gasteiger partial charge in [0.2, 0.25) is 5.91 Å². The zero-order valence-electron chi connectivity index (χ0n) is 12.2. The molecule has 0 saturated carbocycles. The van der Waals surface area contributed by atoms with E-state index < -0.39 is 0 Å². The van der Waals surface area contributed by atoms with Crippen molar-refractivity contribution in [3.63, 3.8) is 0 Å². The molecule has 1 fully saturated rings. The number of hydrogen-bond donors (Lipinski definition) is 1. The normalized spacial score (nSPS) is 18.1. The molecule has 1 unspecified atom stereocenters. The second-order valence-electron chi connectivity index (χ2n) is 5.29. The third-order valence-corrected chi connectivity index (χ3v) is 3.80. The standard InChI is InChI=1S/C15H16N6O/c1-20-7-3-5-13(20)15(22)19-12-9-18-21(10-12)14-11(8-16)4-2-6-17-14/h2,4,6,9-10,13H,3,5,7H2,1H3,(H,19,22). The number of likely N-dealkylation sites (N-methyl/N-ethyl adjacent to an activating group) is 1. The van der Waals surface area contributed by atoms with Crippen molar-refractivity contribution in [2.24, 2.45) is 0 Å². The summed E-state index contributed by atoms with van der Waals surface area (Å²) in [6, 6.07) is 5.36. The van der Waals surface area contributed by atoms with Crippen LogP contribution in [-0.4, -0.2) is 45.2 Å². The molecule has 2 aromatic rings. The second-order valence-corrected chi connectivity index (χ2v) is 5.29. The Hall–Kier alpha value is -2.72. The number of carbonyl (C=O) groups excluding carboxylic acids is 1. The van der Waals surface area contributed by atoms with Gasteiger partial charge in [-0.3, -0.25) is 9.69 Å². The van der Waals surface area contributed by atoms with E-state index in [1.54, 1.807) is 30.7 Å². The minimum absolute atomic E-state index is 0.0268. The zero-order valence-corrected chi connectivity index (χ0v) is 12.2. The third kappa shape index (κ3) is 2.69. The molecule has 3 heterocycles. The molecule has 2 aromatic heterocycles. The highest BCUT2D eigenvalue weighted by Crippen LogP contribution is 2.18. The summed E-state index contributed by atoms with van der Waals surface area (Å²) in [6.45, 7) is 0.941. The lowest BCUT2D eigenvalue weighted by Gasteiger charge is -2.17. The van der Waals surface area contributed by atoms with Gasteiger partial charge in [-0.2, -0.15) is 10.4 Å². The highest BCUT2D eigenvalue weighted by atomic mass is 16.2. The molecule has 1 aliphatic rings. The molecule has 1 N–H and O–H groups in total. The van der Waals surface area contributed by atoms with Crippen LogP contribution < -0.4 is 5.32 Å². The van der Waals surface area contributed by atoms with E-state index in [0.717, 1.165) is 19.4 Å². The van der Waals surface area contributed by atoms with Crippen LogP contribution in [0.1, 0.15) is 18.4 Å². The first-order valence-electron chi connectivity index (χ1n) is 7.10. The maximum absolute atomic E-state index is 12.2. The number of aromatic nitrogens is 3. The van der Waals surface area contributed by atoms with Gasteiger partial charge in [0, 0.05) is 6.20 Å². The predicted octanol–water partition coefficient (Wildman–Crippen LogP) is 1.17. The van der Waals surface area contributed by atoms with Crippen LogP contribution in [-0.2, 0) is 4.79 Å². The number of carbonyl (C=O) groups is 1. The van der Waals surface area contributed by atoms with Crippen LogP contribution in [0.15, 0.2) is 30.7 Å². The summed E-state index contributed by atoms with van der Waals surface area (Å²) in [6.07, 6.45) is 6.73. The summed E-state index contributed by atoms with van der Waals surface area (Å²) in [5, 5.41) is 16.1. The summed E-state index contributed by atoms with van der Waals surface area (Å²) in [5.41, 5.74) is 1.03. The van der Waals surface area contributed by atoms with Gasteiger partial charge in [-0.05, 0) is 38.6 Å². The van der Waals surface area contributed by atoms with Crippen LogP contribution in [0.3, 0.4) is 0 Å². The number of nitrogens with one attached hydrogen (secondary N) is 1. The van der Waals surface area contributed by atoms with Crippen LogP contribution in [0.25, 0.3) is 5.82 Å². The minimum Gasteiger partial charge on any atom is -0.322 e. The summed E-state index contributed by atoms with van der Waals surface area (Å²) in [5.74, 6) is 0.421. The Balaban J connectivity index is 1.77. The molecule has 0 bridgehead atoms. The maximum atomic E-state index is 12.2. The van der Waals surface area contributed by atoms with E-state index >= 15 is 0 Å². The van der Waals surface area contributed by atoms with Crippen LogP contribution in [0.4, 0.5) is 5.69 Å². The van der Waals surface area contributed by atoms with E-state index in [9.17, 15) is 4.79 Å². The molecule has 0 aromatic carbocycles. The van der Waals surface area contributed by atoms with E-state index in [4.69, 9.17) is 5.26 Å². The Kier molecular flexibility index (Phi) is 3.85. The average Bonchev–Trinajstić information content (AvgIpc) is 3.16. The third-order valence-electron chi connectivity index (χ3n) is 3.80. The Bertz CT molecular complexity index is 732. The summed E-state index contributed by atoms with van der Waals surface area (Å²) in [4.78, 5) is 18.4. The Morgan fingerprint density at radius 1 is 1.55 bits per heavy atom. The van der Waals surface area contributed by atoms with Gasteiger partial charge in [0.25, 0.3) is 0 Å². The molecule has 1 atom stereocenters. The Morgan fingerprint density at radius 3 is 3.14 bits per heavy atom. The molecule has 112 valence electrons. The molecular weight excluding hydrogens is 280 g/mol. The highest BCUT2D eigenvalue weighted by molar-refractivity contribution is 5.94. The highest BCUT2D eigenvalue weighted by Gasteiger charge is 2.27. The number of pyridine rings is 1. The molecule has 0 spiro atoms. The van der Waals surface area contributed by atoms with Gasteiger partial charge in [0.1, 0.15) is 6.07 Å². The summed E-state index contributed by atoms with van der Waals surface area (Å²) in [7, 11) is 1.95. The van der Waals surface area contributed by atoms with Crippen molar-refractivity contribution in [3.05, 3.63) is 36.3 Å². The maximum Gasteiger partial charge on any atom is 0.241 e. The van der Waals surface area contributed by atoms with Crippen molar-refractivity contribution in [3.8, 4) is 11.9 Å². The number of hydrogen-bond acceptors (Lipinski definition) is 5. The largest absolute Gasteiger partial charge is 0.322 e. The van der Waals surface area contributed by atoms with Crippen LogP contribution in [0.2, 0.25) is 0 Å². The molecule has 1 aliphatic heterocycles. The van der Waals surface area contributed by atoms with Crippen molar-refractivity contribution in [1.29, 1.82) is 5.26 Å². The van der Waals surface area contributed by atoms with E-state index in [1.165, 1.54) is 4.68 Å². The molecule has 1 amide bonds. The van der Waals surface area contributed by atoms with Crippen LogP contribution in [0, 0.1) is 11.3 Å². The second kappa shape index (κ2) is 5.95. The lowest BCUT2D eigenvalue weighted by Crippen LogP contribution is -2.36. The van der Waals surface area contributed by atoms with E-state index in [1.807, 2.05) is 11.9 Å². The van der Waals surface area contributed by atoms with Gasteiger partial charge in [-0.1, -0.05) is 0 Å². The van der Waals surface area contributed by atoms with Crippen molar-refractivity contribution >= 4 is 11.6 Å². The van der Waals surface area contributed by atoms with E-state index in [0.29, 0.717) is 17.1 Å². The fourth-order valence-electron chi connectivity index (χ4n) is 2.64. The van der Waals surface area contributed by atoms with Crippen molar-refractivity contribution in [2.45, 2.75) is 18.9 Å². The molecule has 3 rings (SSSR count). The van der Waals surface area contributed by atoms with E-state index in [-0.39, 0.29) is 11.9 Å². The van der Waals surface area contributed by atoms with Crippen molar-refractivity contribution < 1.29 is 4.79 Å². The minimum atomic E-state index is -0.0899.